The first kappa shape index (κ1) is 29.1. The topological polar surface area (TPSA) is 75.7 Å². The Bertz CT molecular complexity index is 1400. The lowest BCUT2D eigenvalue weighted by molar-refractivity contribution is -0.120. The monoisotopic (exact) mass is 574 g/mol. The van der Waals surface area contributed by atoms with Crippen LogP contribution in [-0.4, -0.2) is 35.5 Å². The number of allylic oxidation sites excluding steroid dienone is 4. The predicted molar refractivity (Wildman–Crippen MR) is 162 cm³/mol. The number of hydrogen-bond acceptors (Lipinski definition) is 5. The van der Waals surface area contributed by atoms with Gasteiger partial charge in [-0.15, -0.1) is 0 Å². The highest BCUT2D eigenvalue weighted by molar-refractivity contribution is 6.33. The number of ether oxygens (including phenoxy) is 1. The van der Waals surface area contributed by atoms with Gasteiger partial charge in [-0.2, -0.15) is 0 Å². The van der Waals surface area contributed by atoms with Gasteiger partial charge in [0.1, 0.15) is 5.75 Å². The number of amides is 1. The third kappa shape index (κ3) is 5.99. The molecule has 1 heterocycles. The summed E-state index contributed by atoms with van der Waals surface area (Å²) in [6.45, 7) is 11.4. The van der Waals surface area contributed by atoms with Crippen LogP contribution in [0.4, 0.5) is 5.69 Å². The summed E-state index contributed by atoms with van der Waals surface area (Å²) in [6.07, 6.45) is 3.46. The van der Waals surface area contributed by atoms with E-state index in [1.807, 2.05) is 24.3 Å². The molecule has 1 aliphatic heterocycles. The Kier molecular flexibility index (Phi) is 7.90. The molecule has 7 heteroatoms. The molecule has 2 aromatic rings. The van der Waals surface area contributed by atoms with E-state index in [0.29, 0.717) is 29.3 Å². The number of benzene rings is 2. The number of nitrogens with zero attached hydrogens (tertiary/aromatic N) is 1. The zero-order chi connectivity index (χ0) is 29.5. The molecule has 0 radical (unpaired) electrons. The first-order valence-electron chi connectivity index (χ1n) is 14.5. The summed E-state index contributed by atoms with van der Waals surface area (Å²) in [5, 5.41) is 3.21. The van der Waals surface area contributed by atoms with E-state index in [0.717, 1.165) is 53.9 Å². The molecule has 2 aromatic carbocycles. The molecule has 0 aromatic heterocycles. The van der Waals surface area contributed by atoms with Crippen LogP contribution in [-0.2, 0) is 14.4 Å². The molecule has 216 valence electrons. The number of Topliss-reactive ketones (excluding diaryl/α,β-unsaturated/α-hetero) is 2. The van der Waals surface area contributed by atoms with Gasteiger partial charge in [-0.1, -0.05) is 70.5 Å². The molecule has 3 aliphatic rings. The van der Waals surface area contributed by atoms with Crippen molar-refractivity contribution in [3.8, 4) is 5.75 Å². The maximum atomic E-state index is 13.8. The molecule has 0 unspecified atom stereocenters. The van der Waals surface area contributed by atoms with Crippen LogP contribution in [0.3, 0.4) is 0 Å². The van der Waals surface area contributed by atoms with E-state index >= 15 is 0 Å². The maximum absolute atomic E-state index is 13.8. The molecule has 2 aliphatic carbocycles. The van der Waals surface area contributed by atoms with Gasteiger partial charge in [0, 0.05) is 47.8 Å². The summed E-state index contributed by atoms with van der Waals surface area (Å²) >= 11 is 6.14. The van der Waals surface area contributed by atoms with E-state index < -0.39 is 5.92 Å². The van der Waals surface area contributed by atoms with Crippen LogP contribution in [0.25, 0.3) is 0 Å². The number of carbonyl (C=O) groups excluding carboxylic acids is 3. The normalized spacial score (nSPS) is 20.1. The van der Waals surface area contributed by atoms with Crippen molar-refractivity contribution in [2.24, 2.45) is 10.8 Å². The highest BCUT2D eigenvalue weighted by Gasteiger charge is 2.48. The Morgan fingerprint density at radius 2 is 1.46 bits per heavy atom. The molecule has 0 atom stereocenters. The fourth-order valence-corrected chi connectivity index (χ4v) is 6.71. The van der Waals surface area contributed by atoms with Gasteiger partial charge < -0.3 is 15.0 Å². The summed E-state index contributed by atoms with van der Waals surface area (Å²) in [5.41, 5.74) is 4.87. The zero-order valence-electron chi connectivity index (χ0n) is 24.6. The Morgan fingerprint density at radius 3 is 2.00 bits per heavy atom. The molecule has 6 nitrogen and oxygen atoms in total. The molecular weight excluding hydrogens is 536 g/mol. The van der Waals surface area contributed by atoms with Crippen LogP contribution in [0, 0.1) is 10.8 Å². The highest BCUT2D eigenvalue weighted by Crippen LogP contribution is 2.54. The summed E-state index contributed by atoms with van der Waals surface area (Å²) < 4.78 is 5.76. The van der Waals surface area contributed by atoms with E-state index in [-0.39, 0.29) is 34.9 Å². The van der Waals surface area contributed by atoms with Gasteiger partial charge in [0.25, 0.3) is 5.91 Å². The van der Waals surface area contributed by atoms with E-state index in [9.17, 15) is 14.4 Å². The van der Waals surface area contributed by atoms with E-state index in [2.05, 4.69) is 44.8 Å². The quantitative estimate of drug-likeness (QED) is 0.371. The van der Waals surface area contributed by atoms with Crippen LogP contribution in [0.5, 0.6) is 5.75 Å². The Labute approximate surface area is 247 Å². The highest BCUT2D eigenvalue weighted by atomic mass is 35.5. The molecule has 0 saturated carbocycles. The van der Waals surface area contributed by atoms with Crippen molar-refractivity contribution in [3.05, 3.63) is 81.7 Å². The number of hydrogen-bond donors (Lipinski definition) is 1. The van der Waals surface area contributed by atoms with Gasteiger partial charge >= 0.3 is 0 Å². The van der Waals surface area contributed by atoms with Crippen molar-refractivity contribution < 1.29 is 19.1 Å². The second-order valence-corrected chi connectivity index (χ2v) is 13.5. The average molecular weight is 575 g/mol. The van der Waals surface area contributed by atoms with Crippen LogP contribution in [0.15, 0.2) is 71.1 Å². The van der Waals surface area contributed by atoms with E-state index in [1.54, 1.807) is 24.3 Å². The number of anilines is 1. The number of para-hydroxylation sites is 1. The lowest BCUT2D eigenvalue weighted by atomic mass is 9.63. The predicted octanol–water partition coefficient (Wildman–Crippen LogP) is 7.45. The van der Waals surface area contributed by atoms with Crippen LogP contribution in [0.1, 0.15) is 78.2 Å². The van der Waals surface area contributed by atoms with E-state index in [4.69, 9.17) is 16.3 Å². The first-order chi connectivity index (χ1) is 19.4. The van der Waals surface area contributed by atoms with Gasteiger partial charge in [-0.3, -0.25) is 14.4 Å². The van der Waals surface area contributed by atoms with Gasteiger partial charge in [0.05, 0.1) is 10.7 Å². The smallest absolute Gasteiger partial charge is 0.262 e. The number of rotatable bonds is 7. The van der Waals surface area contributed by atoms with Crippen molar-refractivity contribution in [1.82, 2.24) is 4.90 Å². The lowest BCUT2D eigenvalue weighted by Crippen LogP contribution is -2.44. The Hall–Kier alpha value is -3.38. The SMILES string of the molecule is CCCN1C2=C(C(=O)CC(C)(C)C2)C(c2ccc(OCC(=O)Nc3ccccc3Cl)cc2)C2=C1CC(C)(C)CC2=O. The van der Waals surface area contributed by atoms with Gasteiger partial charge in [0.15, 0.2) is 18.2 Å². The van der Waals surface area contributed by atoms with Crippen LogP contribution in [0.2, 0.25) is 5.02 Å². The molecule has 0 fully saturated rings. The molecule has 1 amide bonds. The number of ketones is 2. The summed E-state index contributed by atoms with van der Waals surface area (Å²) in [5.74, 6) is 0.0760. The molecular formula is C34H39ClN2O4. The first-order valence-corrected chi connectivity index (χ1v) is 14.8. The third-order valence-corrected chi connectivity index (χ3v) is 8.53. The summed E-state index contributed by atoms with van der Waals surface area (Å²) in [4.78, 5) is 42.4. The fraction of sp³-hybridized carbons (Fsp3) is 0.441. The largest absolute Gasteiger partial charge is 0.484 e. The molecule has 0 saturated heterocycles. The van der Waals surface area contributed by atoms with Crippen molar-refractivity contribution in [2.75, 3.05) is 18.5 Å². The van der Waals surface area contributed by atoms with Crippen molar-refractivity contribution in [3.63, 3.8) is 0 Å². The maximum Gasteiger partial charge on any atom is 0.262 e. The number of carbonyl (C=O) groups is 3. The molecule has 0 spiro atoms. The van der Waals surface area contributed by atoms with Gasteiger partial charge in [-0.25, -0.2) is 0 Å². The second kappa shape index (κ2) is 11.1. The minimum absolute atomic E-state index is 0.128. The molecule has 0 bridgehead atoms. The third-order valence-electron chi connectivity index (χ3n) is 8.20. The average Bonchev–Trinajstić information content (AvgIpc) is 2.88. The van der Waals surface area contributed by atoms with Gasteiger partial charge in [0.2, 0.25) is 0 Å². The van der Waals surface area contributed by atoms with Crippen LogP contribution < -0.4 is 10.1 Å². The minimum atomic E-state index is -0.391. The summed E-state index contributed by atoms with van der Waals surface area (Å²) in [6, 6.07) is 14.5. The molecule has 41 heavy (non-hydrogen) atoms. The van der Waals surface area contributed by atoms with Crippen molar-refractivity contribution in [2.45, 2.75) is 72.6 Å². The lowest BCUT2D eigenvalue weighted by Gasteiger charge is -2.49. The second-order valence-electron chi connectivity index (χ2n) is 13.1. The standard InChI is InChI=1S/C34H39ClN2O4/c1-6-15-37-25-16-33(2,3)18-27(38)31(25)30(32-26(37)17-34(4,5)19-28(32)39)21-11-13-22(14-12-21)41-20-29(40)36-24-10-8-7-9-23(24)35/h7-14,30H,6,15-20H2,1-5H3,(H,36,40). The minimum Gasteiger partial charge on any atom is -0.484 e. The number of halogens is 1. The van der Waals surface area contributed by atoms with Crippen molar-refractivity contribution in [1.29, 1.82) is 0 Å². The molecule has 5 rings (SSSR count). The number of nitrogens with one attached hydrogen (secondary N) is 1. The van der Waals surface area contributed by atoms with E-state index in [1.165, 1.54) is 0 Å². The van der Waals surface area contributed by atoms with Gasteiger partial charge in [-0.05, 0) is 59.9 Å². The van der Waals surface area contributed by atoms with Crippen LogP contribution >= 0.6 is 11.6 Å². The van der Waals surface area contributed by atoms with Crippen molar-refractivity contribution >= 4 is 34.8 Å². The summed E-state index contributed by atoms with van der Waals surface area (Å²) in [7, 11) is 0. The fourth-order valence-electron chi connectivity index (χ4n) is 6.53. The Morgan fingerprint density at radius 1 is 0.902 bits per heavy atom. The molecule has 1 N–H and O–H groups in total. The zero-order valence-corrected chi connectivity index (χ0v) is 25.4. The Balaban J connectivity index is 1.46.